The highest BCUT2D eigenvalue weighted by atomic mass is 16.5. The van der Waals surface area contributed by atoms with Gasteiger partial charge in [-0.1, -0.05) is 50.5 Å². The molecule has 1 aliphatic rings. The number of hydrogen-bond acceptors (Lipinski definition) is 3. The van der Waals surface area contributed by atoms with E-state index in [0.717, 1.165) is 12.0 Å². The number of rotatable bonds is 8. The number of carbonyl (C=O) groups is 1. The predicted molar refractivity (Wildman–Crippen MR) is 96.8 cm³/mol. The summed E-state index contributed by atoms with van der Waals surface area (Å²) in [5.74, 6) is -0.162. The molecule has 1 saturated carbocycles. The molecule has 0 aliphatic heterocycles. The van der Waals surface area contributed by atoms with Gasteiger partial charge in [0.2, 0.25) is 0 Å². The van der Waals surface area contributed by atoms with Crippen molar-refractivity contribution < 1.29 is 14.6 Å². The summed E-state index contributed by atoms with van der Waals surface area (Å²) in [6, 6.07) is 8.44. The molecule has 2 rings (SSSR count). The van der Waals surface area contributed by atoms with Crippen LogP contribution in [0, 0.1) is 5.92 Å². The highest BCUT2D eigenvalue weighted by molar-refractivity contribution is 5.72. The Kier molecular flexibility index (Phi) is 7.29. The Morgan fingerprint density at radius 3 is 2.38 bits per heavy atom. The van der Waals surface area contributed by atoms with Gasteiger partial charge in [-0.25, -0.2) is 0 Å². The van der Waals surface area contributed by atoms with Crippen LogP contribution < -0.4 is 0 Å². The molecule has 1 aromatic rings. The minimum atomic E-state index is -0.788. The van der Waals surface area contributed by atoms with Crippen molar-refractivity contribution in [3.05, 3.63) is 35.4 Å². The van der Waals surface area contributed by atoms with Gasteiger partial charge in [-0.05, 0) is 56.6 Å². The quantitative estimate of drug-likeness (QED) is 0.552. The number of unbranched alkanes of at least 4 members (excludes halogenated alkanes) is 3. The van der Waals surface area contributed by atoms with Crippen LogP contribution in [0.3, 0.4) is 0 Å². The molecule has 1 N–H and O–H groups in total. The van der Waals surface area contributed by atoms with Gasteiger partial charge in [0.25, 0.3) is 0 Å². The fraction of sp³-hybridized carbons (Fsp3) is 0.667. The Bertz CT molecular complexity index is 498. The van der Waals surface area contributed by atoms with Crippen LogP contribution in [-0.4, -0.2) is 17.7 Å². The fourth-order valence-electron chi connectivity index (χ4n) is 3.62. The van der Waals surface area contributed by atoms with Crippen molar-refractivity contribution in [2.45, 2.75) is 77.2 Å². The lowest BCUT2D eigenvalue weighted by Crippen LogP contribution is -2.34. The lowest BCUT2D eigenvalue weighted by Gasteiger charge is -2.35. The number of ether oxygens (including phenoxy) is 1. The molecule has 1 aliphatic carbocycles. The molecule has 0 bridgehead atoms. The monoisotopic (exact) mass is 332 g/mol. The number of esters is 1. The van der Waals surface area contributed by atoms with Gasteiger partial charge < -0.3 is 9.84 Å². The molecule has 24 heavy (non-hydrogen) atoms. The molecule has 0 radical (unpaired) electrons. The summed E-state index contributed by atoms with van der Waals surface area (Å²) in [5, 5.41) is 11.0. The normalized spacial score (nSPS) is 23.9. The highest BCUT2D eigenvalue weighted by Gasteiger charge is 2.37. The predicted octanol–water partition coefficient (Wildman–Crippen LogP) is 4.75. The highest BCUT2D eigenvalue weighted by Crippen LogP contribution is 2.40. The molecule has 0 spiro atoms. The zero-order valence-electron chi connectivity index (χ0n) is 15.2. The standard InChI is InChI=1S/C21H32O3/c1-3-5-6-7-8-17-9-11-19(12-10-17)21(23)15-13-18(14-16-21)20(22)24-4-2/h9-12,18,23H,3-8,13-16H2,1-2H3. The summed E-state index contributed by atoms with van der Waals surface area (Å²) >= 11 is 0. The van der Waals surface area contributed by atoms with Crippen molar-refractivity contribution in [1.82, 2.24) is 0 Å². The average Bonchev–Trinajstić information content (AvgIpc) is 2.60. The summed E-state index contributed by atoms with van der Waals surface area (Å²) in [6.07, 6.45) is 8.87. The van der Waals surface area contributed by atoms with E-state index in [9.17, 15) is 9.90 Å². The van der Waals surface area contributed by atoms with Crippen LogP contribution in [0.15, 0.2) is 24.3 Å². The number of hydrogen-bond donors (Lipinski definition) is 1. The Labute approximate surface area is 146 Å². The smallest absolute Gasteiger partial charge is 0.308 e. The molecule has 3 nitrogen and oxygen atoms in total. The number of aliphatic hydroxyl groups is 1. The van der Waals surface area contributed by atoms with Crippen LogP contribution in [0.5, 0.6) is 0 Å². The van der Waals surface area contributed by atoms with E-state index in [-0.39, 0.29) is 11.9 Å². The summed E-state index contributed by atoms with van der Waals surface area (Å²) in [5.41, 5.74) is 1.55. The van der Waals surface area contributed by atoms with Gasteiger partial charge in [0.1, 0.15) is 0 Å². The molecular formula is C21H32O3. The Balaban J connectivity index is 1.88. The van der Waals surface area contributed by atoms with Crippen molar-refractivity contribution in [2.24, 2.45) is 5.92 Å². The number of carbonyl (C=O) groups excluding carboxylic acids is 1. The van der Waals surface area contributed by atoms with E-state index in [2.05, 4.69) is 31.2 Å². The maximum Gasteiger partial charge on any atom is 0.308 e. The zero-order chi connectivity index (χ0) is 17.4. The van der Waals surface area contributed by atoms with Gasteiger partial charge in [0.15, 0.2) is 0 Å². The fourth-order valence-corrected chi connectivity index (χ4v) is 3.62. The van der Waals surface area contributed by atoms with Crippen LogP contribution in [0.1, 0.15) is 76.3 Å². The Hall–Kier alpha value is -1.35. The van der Waals surface area contributed by atoms with Crippen LogP contribution in [0.2, 0.25) is 0 Å². The van der Waals surface area contributed by atoms with Crippen molar-refractivity contribution in [1.29, 1.82) is 0 Å². The van der Waals surface area contributed by atoms with E-state index < -0.39 is 5.60 Å². The molecule has 1 fully saturated rings. The van der Waals surface area contributed by atoms with Gasteiger partial charge in [-0.2, -0.15) is 0 Å². The average molecular weight is 332 g/mol. The molecule has 0 atom stereocenters. The van der Waals surface area contributed by atoms with Crippen molar-refractivity contribution in [2.75, 3.05) is 6.61 Å². The summed E-state index contributed by atoms with van der Waals surface area (Å²) < 4.78 is 5.11. The van der Waals surface area contributed by atoms with Crippen molar-refractivity contribution in [3.8, 4) is 0 Å². The van der Waals surface area contributed by atoms with Gasteiger partial charge in [0, 0.05) is 0 Å². The lowest BCUT2D eigenvalue weighted by atomic mass is 9.75. The first-order valence-electron chi connectivity index (χ1n) is 9.57. The van der Waals surface area contributed by atoms with Gasteiger partial charge in [-0.3, -0.25) is 4.79 Å². The lowest BCUT2D eigenvalue weighted by molar-refractivity contribution is -0.151. The topological polar surface area (TPSA) is 46.5 Å². The number of aryl methyl sites for hydroxylation is 1. The molecule has 0 amide bonds. The van der Waals surface area contributed by atoms with Crippen LogP contribution in [0.4, 0.5) is 0 Å². The second kappa shape index (κ2) is 9.22. The van der Waals surface area contributed by atoms with Crippen molar-refractivity contribution >= 4 is 5.97 Å². The van der Waals surface area contributed by atoms with Crippen molar-refractivity contribution in [3.63, 3.8) is 0 Å². The van der Waals surface area contributed by atoms with E-state index in [1.165, 1.54) is 31.2 Å². The molecule has 1 aromatic carbocycles. The summed E-state index contributed by atoms with van der Waals surface area (Å²) in [4.78, 5) is 11.8. The minimum absolute atomic E-state index is 0.0527. The Morgan fingerprint density at radius 1 is 1.12 bits per heavy atom. The van der Waals surface area contributed by atoms with E-state index in [4.69, 9.17) is 4.74 Å². The third-order valence-electron chi connectivity index (χ3n) is 5.24. The maximum atomic E-state index is 11.8. The Morgan fingerprint density at radius 2 is 1.79 bits per heavy atom. The van der Waals surface area contributed by atoms with E-state index in [0.29, 0.717) is 32.3 Å². The molecule has 0 aromatic heterocycles. The first kappa shape index (κ1) is 19.0. The van der Waals surface area contributed by atoms with E-state index >= 15 is 0 Å². The molecule has 0 heterocycles. The van der Waals surface area contributed by atoms with Crippen LogP contribution in [0.25, 0.3) is 0 Å². The van der Waals surface area contributed by atoms with Crippen LogP contribution >= 0.6 is 0 Å². The SMILES string of the molecule is CCCCCCc1ccc(C2(O)CCC(C(=O)OCC)CC2)cc1. The molecule has 0 unspecified atom stereocenters. The second-order valence-electron chi connectivity index (χ2n) is 7.07. The largest absolute Gasteiger partial charge is 0.466 e. The molecule has 134 valence electrons. The van der Waals surface area contributed by atoms with Crippen LogP contribution in [-0.2, 0) is 21.6 Å². The van der Waals surface area contributed by atoms with E-state index in [1.54, 1.807) is 0 Å². The second-order valence-corrected chi connectivity index (χ2v) is 7.07. The first-order chi connectivity index (χ1) is 11.6. The molecular weight excluding hydrogens is 300 g/mol. The molecule has 3 heteroatoms. The maximum absolute atomic E-state index is 11.8. The minimum Gasteiger partial charge on any atom is -0.466 e. The summed E-state index contributed by atoms with van der Waals surface area (Å²) in [6.45, 7) is 4.49. The zero-order valence-corrected chi connectivity index (χ0v) is 15.2. The van der Waals surface area contributed by atoms with Gasteiger partial charge in [0.05, 0.1) is 18.1 Å². The summed E-state index contributed by atoms with van der Waals surface area (Å²) in [7, 11) is 0. The number of benzene rings is 1. The third kappa shape index (κ3) is 5.07. The third-order valence-corrected chi connectivity index (χ3v) is 5.24. The first-order valence-corrected chi connectivity index (χ1v) is 9.57. The molecule has 0 saturated heterocycles. The van der Waals surface area contributed by atoms with Gasteiger partial charge in [-0.15, -0.1) is 0 Å². The van der Waals surface area contributed by atoms with Gasteiger partial charge >= 0.3 is 5.97 Å². The van der Waals surface area contributed by atoms with E-state index in [1.807, 2.05) is 6.92 Å².